The lowest BCUT2D eigenvalue weighted by Crippen LogP contribution is -2.23. The van der Waals surface area contributed by atoms with Gasteiger partial charge in [0.15, 0.2) is 0 Å². The highest BCUT2D eigenvalue weighted by molar-refractivity contribution is 6.30. The maximum absolute atomic E-state index is 11.2. The molecular weight excluding hydrogens is 194 g/mol. The van der Waals surface area contributed by atoms with Gasteiger partial charge >= 0.3 is 0 Å². The largest absolute Gasteiger partial charge is 0.268 e. The van der Waals surface area contributed by atoms with Crippen LogP contribution in [0.1, 0.15) is 13.1 Å². The van der Waals surface area contributed by atoms with E-state index in [1.165, 1.54) is 12.3 Å². The first-order chi connectivity index (χ1) is 6.15. The van der Waals surface area contributed by atoms with E-state index in [1.807, 2.05) is 0 Å². The van der Waals surface area contributed by atoms with Gasteiger partial charge in [-0.05, 0) is 12.5 Å². The van der Waals surface area contributed by atoms with Crippen LogP contribution in [0.5, 0.6) is 0 Å². The third kappa shape index (κ3) is 2.21. The predicted octanol–water partition coefficient (Wildman–Crippen LogP) is 1.73. The van der Waals surface area contributed by atoms with Gasteiger partial charge in [0.05, 0.1) is 11.2 Å². The Bertz CT molecular complexity index is 408. The van der Waals surface area contributed by atoms with Crippen molar-refractivity contribution in [2.24, 2.45) is 5.11 Å². The van der Waals surface area contributed by atoms with Crippen LogP contribution >= 0.6 is 11.6 Å². The third-order valence-corrected chi connectivity index (χ3v) is 1.57. The zero-order valence-electron chi connectivity index (χ0n) is 6.75. The Morgan fingerprint density at radius 2 is 2.54 bits per heavy atom. The van der Waals surface area contributed by atoms with Crippen LogP contribution in [-0.4, -0.2) is 9.78 Å². The number of aromatic nitrogens is 2. The van der Waals surface area contributed by atoms with Crippen LogP contribution in [0.15, 0.2) is 22.2 Å². The Labute approximate surface area is 78.4 Å². The van der Waals surface area contributed by atoms with Crippen LogP contribution < -0.4 is 5.56 Å². The summed E-state index contributed by atoms with van der Waals surface area (Å²) in [5, 5.41) is 7.29. The summed E-state index contributed by atoms with van der Waals surface area (Å²) in [6.07, 6.45) is 0.668. The van der Waals surface area contributed by atoms with E-state index >= 15 is 0 Å². The second-order valence-corrected chi connectivity index (χ2v) is 2.73. The SMILES string of the molecule is CC(N=[N+]=[N-])n1ncc(Cl)cc1=O. The molecule has 68 valence electrons. The molecule has 0 saturated carbocycles. The van der Waals surface area contributed by atoms with E-state index in [-0.39, 0.29) is 5.02 Å². The van der Waals surface area contributed by atoms with Crippen LogP contribution in [0.2, 0.25) is 5.02 Å². The van der Waals surface area contributed by atoms with Gasteiger partial charge in [-0.2, -0.15) is 5.10 Å². The number of halogens is 1. The maximum Gasteiger partial charge on any atom is 0.268 e. The van der Waals surface area contributed by atoms with Crippen molar-refractivity contribution in [3.63, 3.8) is 0 Å². The fourth-order valence-corrected chi connectivity index (χ4v) is 0.937. The fraction of sp³-hybridized carbons (Fsp3) is 0.333. The number of rotatable bonds is 2. The summed E-state index contributed by atoms with van der Waals surface area (Å²) in [6, 6.07) is 1.21. The average Bonchev–Trinajstić information content (AvgIpc) is 2.04. The Morgan fingerprint density at radius 3 is 3.08 bits per heavy atom. The van der Waals surface area contributed by atoms with Gasteiger partial charge in [0, 0.05) is 11.0 Å². The minimum absolute atomic E-state index is 0.259. The standard InChI is InChI=1S/C6H6ClN5O/c1-4(10-11-8)12-6(13)2-5(7)3-9-12/h2-4H,1H3. The molecule has 0 N–H and O–H groups in total. The van der Waals surface area contributed by atoms with E-state index in [0.717, 1.165) is 4.68 Å². The van der Waals surface area contributed by atoms with Gasteiger partial charge in [0.1, 0.15) is 6.17 Å². The summed E-state index contributed by atoms with van der Waals surface area (Å²) >= 11 is 5.52. The summed E-state index contributed by atoms with van der Waals surface area (Å²) in [4.78, 5) is 13.8. The molecule has 1 atom stereocenters. The molecule has 7 heteroatoms. The van der Waals surface area contributed by atoms with E-state index in [0.29, 0.717) is 0 Å². The van der Waals surface area contributed by atoms with Gasteiger partial charge in [-0.25, -0.2) is 4.68 Å². The summed E-state index contributed by atoms with van der Waals surface area (Å²) in [7, 11) is 0. The van der Waals surface area contributed by atoms with Crippen LogP contribution in [0.25, 0.3) is 10.4 Å². The first kappa shape index (κ1) is 9.57. The molecule has 0 aliphatic carbocycles. The molecule has 0 bridgehead atoms. The molecule has 1 aromatic heterocycles. The molecule has 6 nitrogen and oxygen atoms in total. The van der Waals surface area contributed by atoms with E-state index < -0.39 is 11.7 Å². The second kappa shape index (κ2) is 3.93. The summed E-state index contributed by atoms with van der Waals surface area (Å²) in [5.41, 5.74) is 7.74. The van der Waals surface area contributed by atoms with Gasteiger partial charge in [0.2, 0.25) is 0 Å². The Kier molecular flexibility index (Phi) is 2.89. The van der Waals surface area contributed by atoms with Crippen molar-refractivity contribution in [1.82, 2.24) is 9.78 Å². The van der Waals surface area contributed by atoms with Crippen LogP contribution in [-0.2, 0) is 0 Å². The summed E-state index contributed by atoms with van der Waals surface area (Å²) < 4.78 is 1.05. The number of hydrogen-bond donors (Lipinski definition) is 0. The molecule has 0 spiro atoms. The van der Waals surface area contributed by atoms with Crippen molar-refractivity contribution in [2.75, 3.05) is 0 Å². The zero-order valence-corrected chi connectivity index (χ0v) is 7.51. The smallest absolute Gasteiger partial charge is 0.268 e. The molecule has 1 aromatic rings. The van der Waals surface area contributed by atoms with Crippen LogP contribution in [0.4, 0.5) is 0 Å². The normalized spacial score (nSPS) is 11.8. The molecule has 0 aliphatic heterocycles. The molecule has 0 fully saturated rings. The summed E-state index contributed by atoms with van der Waals surface area (Å²) in [5.74, 6) is 0. The second-order valence-electron chi connectivity index (χ2n) is 2.29. The van der Waals surface area contributed by atoms with Crippen molar-refractivity contribution in [1.29, 1.82) is 0 Å². The van der Waals surface area contributed by atoms with Gasteiger partial charge < -0.3 is 0 Å². The van der Waals surface area contributed by atoms with Crippen molar-refractivity contribution in [3.05, 3.63) is 38.1 Å². The molecule has 0 aromatic carbocycles. The minimum atomic E-state index is -0.644. The highest BCUT2D eigenvalue weighted by atomic mass is 35.5. The molecule has 1 heterocycles. The lowest BCUT2D eigenvalue weighted by molar-refractivity contribution is 0.480. The molecule has 0 amide bonds. The summed E-state index contributed by atoms with van der Waals surface area (Å²) in [6.45, 7) is 1.56. The van der Waals surface area contributed by atoms with E-state index in [4.69, 9.17) is 17.1 Å². The van der Waals surface area contributed by atoms with Gasteiger partial charge in [-0.3, -0.25) is 4.79 Å². The molecule has 0 radical (unpaired) electrons. The van der Waals surface area contributed by atoms with E-state index in [9.17, 15) is 4.79 Å². The molecule has 13 heavy (non-hydrogen) atoms. The van der Waals surface area contributed by atoms with Gasteiger partial charge in [0.25, 0.3) is 5.56 Å². The highest BCUT2D eigenvalue weighted by Crippen LogP contribution is 2.04. The fourth-order valence-electron chi connectivity index (χ4n) is 0.800. The lowest BCUT2D eigenvalue weighted by atomic mass is 10.5. The predicted molar refractivity (Wildman–Crippen MR) is 47.4 cm³/mol. The molecular formula is C6H6ClN5O. The van der Waals surface area contributed by atoms with Crippen LogP contribution in [0, 0.1) is 0 Å². The number of nitrogens with zero attached hydrogens (tertiary/aromatic N) is 5. The molecule has 1 rings (SSSR count). The quantitative estimate of drug-likeness (QED) is 0.413. The van der Waals surface area contributed by atoms with Crippen molar-refractivity contribution in [3.8, 4) is 0 Å². The van der Waals surface area contributed by atoms with E-state index in [2.05, 4.69) is 15.1 Å². The van der Waals surface area contributed by atoms with Gasteiger partial charge in [-0.15, -0.1) is 0 Å². The molecule has 0 aliphatic rings. The third-order valence-electron chi connectivity index (χ3n) is 1.37. The Morgan fingerprint density at radius 1 is 1.85 bits per heavy atom. The highest BCUT2D eigenvalue weighted by Gasteiger charge is 2.04. The van der Waals surface area contributed by atoms with Gasteiger partial charge in [-0.1, -0.05) is 16.7 Å². The number of hydrogen-bond acceptors (Lipinski definition) is 3. The topological polar surface area (TPSA) is 83.7 Å². The monoisotopic (exact) mass is 199 g/mol. The first-order valence-corrected chi connectivity index (χ1v) is 3.81. The molecule has 1 unspecified atom stereocenters. The van der Waals surface area contributed by atoms with Crippen LogP contribution in [0.3, 0.4) is 0 Å². The Balaban J connectivity index is 3.16. The lowest BCUT2D eigenvalue weighted by Gasteiger charge is -2.05. The number of azide groups is 1. The molecule has 0 saturated heterocycles. The van der Waals surface area contributed by atoms with E-state index in [1.54, 1.807) is 6.92 Å². The Hall–Kier alpha value is -1.52. The van der Waals surface area contributed by atoms with Crippen molar-refractivity contribution in [2.45, 2.75) is 13.1 Å². The maximum atomic E-state index is 11.2. The minimum Gasteiger partial charge on any atom is -0.268 e. The zero-order chi connectivity index (χ0) is 9.84. The first-order valence-electron chi connectivity index (χ1n) is 3.43. The van der Waals surface area contributed by atoms with Crippen molar-refractivity contribution < 1.29 is 0 Å². The van der Waals surface area contributed by atoms with Crippen molar-refractivity contribution >= 4 is 11.6 Å². The average molecular weight is 200 g/mol.